The number of carbonyl (C=O) groups excluding carboxylic acids is 2. The lowest BCUT2D eigenvalue weighted by atomic mass is 10.2. The van der Waals surface area contributed by atoms with E-state index < -0.39 is 6.29 Å². The number of nitrogens with zero attached hydrogens (tertiary/aromatic N) is 1. The average Bonchev–Trinajstić information content (AvgIpc) is 2.96. The van der Waals surface area contributed by atoms with E-state index in [9.17, 15) is 18.4 Å². The van der Waals surface area contributed by atoms with Gasteiger partial charge in [0.2, 0.25) is 11.8 Å². The van der Waals surface area contributed by atoms with Crippen molar-refractivity contribution in [2.45, 2.75) is 26.6 Å². The van der Waals surface area contributed by atoms with Crippen LogP contribution in [0.4, 0.5) is 20.2 Å². The molecule has 2 aromatic carbocycles. The smallest absolute Gasteiger partial charge is 0.395 e. The Labute approximate surface area is 173 Å². The molecule has 1 heterocycles. The standard InChI is InChI=1S/C21H23F2N3O4/c1-3-10-26(13-20(28)25-16-7-5-4-6-14(16)2)12-19(27)24-15-8-9-17-18(11-15)30-21(22,23)29-17/h4-9,11H,3,10,12-13H2,1-2H3,(H,24,27)(H,25,28). The van der Waals surface area contributed by atoms with Gasteiger partial charge in [-0.15, -0.1) is 8.78 Å². The monoisotopic (exact) mass is 419 g/mol. The predicted molar refractivity (Wildman–Crippen MR) is 108 cm³/mol. The molecule has 0 atom stereocenters. The zero-order chi connectivity index (χ0) is 21.7. The van der Waals surface area contributed by atoms with Crippen molar-refractivity contribution in [3.8, 4) is 11.5 Å². The Morgan fingerprint density at radius 2 is 1.67 bits per heavy atom. The number of anilines is 2. The highest BCUT2D eigenvalue weighted by molar-refractivity contribution is 5.95. The molecule has 1 aliphatic heterocycles. The van der Waals surface area contributed by atoms with E-state index >= 15 is 0 Å². The van der Waals surface area contributed by atoms with E-state index in [1.807, 2.05) is 38.1 Å². The zero-order valence-corrected chi connectivity index (χ0v) is 16.7. The predicted octanol–water partition coefficient (Wildman–Crippen LogP) is 3.61. The molecule has 1 aliphatic rings. The number of rotatable bonds is 8. The first-order chi connectivity index (χ1) is 14.3. The van der Waals surface area contributed by atoms with Gasteiger partial charge in [-0.3, -0.25) is 14.5 Å². The Kier molecular flexibility index (Phi) is 6.51. The Bertz CT molecular complexity index is 936. The number of para-hydroxylation sites is 1. The van der Waals surface area contributed by atoms with Gasteiger partial charge in [0, 0.05) is 17.4 Å². The van der Waals surface area contributed by atoms with E-state index in [4.69, 9.17) is 0 Å². The highest BCUT2D eigenvalue weighted by atomic mass is 19.3. The molecular weight excluding hydrogens is 396 g/mol. The fraction of sp³-hybridized carbons (Fsp3) is 0.333. The normalized spacial score (nSPS) is 13.9. The lowest BCUT2D eigenvalue weighted by molar-refractivity contribution is -0.286. The van der Waals surface area contributed by atoms with Crippen LogP contribution >= 0.6 is 0 Å². The van der Waals surface area contributed by atoms with E-state index in [-0.39, 0.29) is 36.4 Å². The van der Waals surface area contributed by atoms with Gasteiger partial charge in [-0.2, -0.15) is 0 Å². The maximum absolute atomic E-state index is 13.1. The van der Waals surface area contributed by atoms with Crippen molar-refractivity contribution >= 4 is 23.2 Å². The summed E-state index contributed by atoms with van der Waals surface area (Å²) in [6.45, 7) is 4.40. The third-order valence-electron chi connectivity index (χ3n) is 4.38. The zero-order valence-electron chi connectivity index (χ0n) is 16.7. The van der Waals surface area contributed by atoms with Crippen molar-refractivity contribution in [3.05, 3.63) is 48.0 Å². The number of hydrogen-bond acceptors (Lipinski definition) is 5. The summed E-state index contributed by atoms with van der Waals surface area (Å²) in [5.41, 5.74) is 1.96. The largest absolute Gasteiger partial charge is 0.586 e. The van der Waals surface area contributed by atoms with Crippen molar-refractivity contribution < 1.29 is 27.8 Å². The molecule has 160 valence electrons. The molecule has 3 rings (SSSR count). The number of ether oxygens (including phenoxy) is 2. The van der Waals surface area contributed by atoms with Crippen LogP contribution in [0.15, 0.2) is 42.5 Å². The molecule has 0 fully saturated rings. The van der Waals surface area contributed by atoms with Crippen LogP contribution in [0.25, 0.3) is 0 Å². The van der Waals surface area contributed by atoms with Gasteiger partial charge in [-0.05, 0) is 43.7 Å². The number of carbonyl (C=O) groups is 2. The number of alkyl halides is 2. The first-order valence-corrected chi connectivity index (χ1v) is 9.53. The van der Waals surface area contributed by atoms with Crippen LogP contribution in [0, 0.1) is 6.92 Å². The van der Waals surface area contributed by atoms with Gasteiger partial charge in [-0.25, -0.2) is 0 Å². The van der Waals surface area contributed by atoms with Crippen molar-refractivity contribution in [2.75, 3.05) is 30.3 Å². The molecule has 0 saturated heterocycles. The summed E-state index contributed by atoms with van der Waals surface area (Å²) in [6, 6.07) is 11.4. The number of nitrogens with one attached hydrogen (secondary N) is 2. The third-order valence-corrected chi connectivity index (χ3v) is 4.38. The van der Waals surface area contributed by atoms with E-state index in [0.717, 1.165) is 17.7 Å². The first kappa shape index (κ1) is 21.5. The summed E-state index contributed by atoms with van der Waals surface area (Å²) in [4.78, 5) is 26.5. The second-order valence-electron chi connectivity index (χ2n) is 6.95. The number of aryl methyl sites for hydroxylation is 1. The van der Waals surface area contributed by atoms with Crippen LogP contribution in [0.5, 0.6) is 11.5 Å². The Balaban J connectivity index is 1.56. The number of hydrogen-bond donors (Lipinski definition) is 2. The number of amides is 2. The summed E-state index contributed by atoms with van der Waals surface area (Å²) in [7, 11) is 0. The van der Waals surface area contributed by atoms with Gasteiger partial charge >= 0.3 is 6.29 Å². The molecule has 2 N–H and O–H groups in total. The Hall–Kier alpha value is -3.20. The first-order valence-electron chi connectivity index (χ1n) is 9.53. The van der Waals surface area contributed by atoms with E-state index in [0.29, 0.717) is 12.2 Å². The molecule has 0 saturated carbocycles. The topological polar surface area (TPSA) is 79.9 Å². The molecule has 2 amide bonds. The summed E-state index contributed by atoms with van der Waals surface area (Å²) in [6.07, 6.45) is -2.96. The van der Waals surface area contributed by atoms with Gasteiger partial charge in [0.25, 0.3) is 0 Å². The van der Waals surface area contributed by atoms with Gasteiger partial charge in [0.15, 0.2) is 11.5 Å². The fourth-order valence-electron chi connectivity index (χ4n) is 3.07. The summed E-state index contributed by atoms with van der Waals surface area (Å²) >= 11 is 0. The molecular formula is C21H23F2N3O4. The molecule has 0 spiro atoms. The quantitative estimate of drug-likeness (QED) is 0.684. The van der Waals surface area contributed by atoms with Crippen LogP contribution in [0.1, 0.15) is 18.9 Å². The van der Waals surface area contributed by atoms with Gasteiger partial charge in [-0.1, -0.05) is 25.1 Å². The van der Waals surface area contributed by atoms with Gasteiger partial charge in [0.1, 0.15) is 0 Å². The molecule has 0 unspecified atom stereocenters. The molecule has 30 heavy (non-hydrogen) atoms. The minimum Gasteiger partial charge on any atom is -0.395 e. The Morgan fingerprint density at radius 3 is 2.37 bits per heavy atom. The van der Waals surface area contributed by atoms with Crippen molar-refractivity contribution in [3.63, 3.8) is 0 Å². The molecule has 2 aromatic rings. The number of halogens is 2. The number of benzene rings is 2. The van der Waals surface area contributed by atoms with Crippen LogP contribution in [0.2, 0.25) is 0 Å². The van der Waals surface area contributed by atoms with Gasteiger partial charge < -0.3 is 20.1 Å². The van der Waals surface area contributed by atoms with E-state index in [2.05, 4.69) is 20.1 Å². The second-order valence-corrected chi connectivity index (χ2v) is 6.95. The molecule has 0 aliphatic carbocycles. The SMILES string of the molecule is CCCN(CC(=O)Nc1ccc2c(c1)OC(F)(F)O2)CC(=O)Nc1ccccc1C. The van der Waals surface area contributed by atoms with Crippen LogP contribution in [-0.4, -0.2) is 42.6 Å². The third kappa shape index (κ3) is 5.66. The van der Waals surface area contributed by atoms with Crippen molar-refractivity contribution in [1.29, 1.82) is 0 Å². The van der Waals surface area contributed by atoms with Crippen molar-refractivity contribution in [2.24, 2.45) is 0 Å². The van der Waals surface area contributed by atoms with E-state index in [1.165, 1.54) is 18.2 Å². The summed E-state index contributed by atoms with van der Waals surface area (Å²) in [5.74, 6) is -0.854. The fourth-order valence-corrected chi connectivity index (χ4v) is 3.07. The molecule has 9 heteroatoms. The van der Waals surface area contributed by atoms with E-state index in [1.54, 1.807) is 4.90 Å². The molecule has 7 nitrogen and oxygen atoms in total. The molecule has 0 bridgehead atoms. The molecule has 0 radical (unpaired) electrons. The lowest BCUT2D eigenvalue weighted by Gasteiger charge is -2.21. The lowest BCUT2D eigenvalue weighted by Crippen LogP contribution is -2.39. The van der Waals surface area contributed by atoms with Crippen LogP contribution in [0.3, 0.4) is 0 Å². The Morgan fingerprint density at radius 1 is 1.00 bits per heavy atom. The maximum atomic E-state index is 13.1. The van der Waals surface area contributed by atoms with Gasteiger partial charge in [0.05, 0.1) is 13.1 Å². The highest BCUT2D eigenvalue weighted by Crippen LogP contribution is 2.42. The maximum Gasteiger partial charge on any atom is 0.586 e. The minimum absolute atomic E-state index is 0.0281. The van der Waals surface area contributed by atoms with Crippen LogP contribution in [-0.2, 0) is 9.59 Å². The average molecular weight is 419 g/mol. The second kappa shape index (κ2) is 9.08. The number of fused-ring (bicyclic) bond motifs is 1. The minimum atomic E-state index is -3.71. The highest BCUT2D eigenvalue weighted by Gasteiger charge is 2.43. The summed E-state index contributed by atoms with van der Waals surface area (Å²) in [5, 5.41) is 5.47. The van der Waals surface area contributed by atoms with Crippen LogP contribution < -0.4 is 20.1 Å². The van der Waals surface area contributed by atoms with Crippen molar-refractivity contribution in [1.82, 2.24) is 4.90 Å². The molecule has 0 aromatic heterocycles. The summed E-state index contributed by atoms with van der Waals surface area (Å²) < 4.78 is 34.9.